The minimum absolute atomic E-state index is 0.168. The third-order valence-corrected chi connectivity index (χ3v) is 4.86. The Kier molecular flexibility index (Phi) is 5.24. The fourth-order valence-corrected chi connectivity index (χ4v) is 3.10. The molecule has 20 heavy (non-hydrogen) atoms. The van der Waals surface area contributed by atoms with Crippen LogP contribution in [0, 0.1) is 6.92 Å². The van der Waals surface area contributed by atoms with Crippen LogP contribution >= 0.6 is 27.5 Å². The van der Waals surface area contributed by atoms with Crippen LogP contribution in [0.25, 0.3) is 0 Å². The normalized spacial score (nSPS) is 12.7. The molecule has 0 fully saturated rings. The molecule has 1 aromatic carbocycles. The van der Waals surface area contributed by atoms with Crippen LogP contribution in [0.4, 0.5) is 0 Å². The Bertz CT molecular complexity index is 595. The molecule has 1 unspecified atom stereocenters. The van der Waals surface area contributed by atoms with E-state index in [-0.39, 0.29) is 6.04 Å². The van der Waals surface area contributed by atoms with Gasteiger partial charge in [0.25, 0.3) is 0 Å². The summed E-state index contributed by atoms with van der Waals surface area (Å²) in [4.78, 5) is 0. The first-order valence-corrected chi connectivity index (χ1v) is 7.89. The van der Waals surface area contributed by atoms with Crippen LogP contribution in [0.2, 0.25) is 5.02 Å². The van der Waals surface area contributed by atoms with Gasteiger partial charge in [0.15, 0.2) is 0 Å². The smallest absolute Gasteiger partial charge is 0.0738 e. The molecule has 0 bridgehead atoms. The Morgan fingerprint density at radius 1 is 1.40 bits per heavy atom. The van der Waals surface area contributed by atoms with Gasteiger partial charge in [0, 0.05) is 24.0 Å². The molecule has 0 saturated carbocycles. The topological polar surface area (TPSA) is 29.9 Å². The number of nitrogens with one attached hydrogen (secondary N) is 1. The average molecular weight is 357 g/mol. The molecule has 2 rings (SSSR count). The molecule has 0 spiro atoms. The minimum atomic E-state index is 0.168. The van der Waals surface area contributed by atoms with Crippen molar-refractivity contribution in [1.82, 2.24) is 15.1 Å². The zero-order chi connectivity index (χ0) is 14.7. The highest BCUT2D eigenvalue weighted by atomic mass is 79.9. The molecule has 1 N–H and O–H groups in total. The van der Waals surface area contributed by atoms with Crippen LogP contribution in [0.5, 0.6) is 0 Å². The highest BCUT2D eigenvalue weighted by Gasteiger charge is 2.19. The summed E-state index contributed by atoms with van der Waals surface area (Å²) in [6.07, 6.45) is 0.843. The van der Waals surface area contributed by atoms with E-state index in [1.54, 1.807) is 0 Å². The molecule has 108 valence electrons. The summed E-state index contributed by atoms with van der Waals surface area (Å²) in [7, 11) is 1.96. The summed E-state index contributed by atoms with van der Waals surface area (Å²) >= 11 is 9.96. The van der Waals surface area contributed by atoms with Gasteiger partial charge in [-0.3, -0.25) is 4.68 Å². The van der Waals surface area contributed by atoms with Crippen molar-refractivity contribution in [2.75, 3.05) is 7.05 Å². The van der Waals surface area contributed by atoms with Gasteiger partial charge in [0.05, 0.1) is 15.9 Å². The minimum Gasteiger partial charge on any atom is -0.313 e. The summed E-state index contributed by atoms with van der Waals surface area (Å²) in [6, 6.07) is 8.13. The van der Waals surface area contributed by atoms with E-state index in [0.717, 1.165) is 33.7 Å². The molecule has 2 aromatic rings. The zero-order valence-corrected chi connectivity index (χ0v) is 14.3. The van der Waals surface area contributed by atoms with Gasteiger partial charge in [-0.05, 0) is 48.5 Å². The second-order valence-corrected chi connectivity index (χ2v) is 5.93. The predicted molar refractivity (Wildman–Crippen MR) is 87.3 cm³/mol. The fraction of sp³-hybridized carbons (Fsp3) is 0.400. The summed E-state index contributed by atoms with van der Waals surface area (Å²) in [5.74, 6) is 0. The van der Waals surface area contributed by atoms with E-state index in [1.165, 1.54) is 5.69 Å². The molecule has 1 atom stereocenters. The molecule has 0 aliphatic heterocycles. The molecule has 5 heteroatoms. The molecule has 0 radical (unpaired) electrons. The SMILES string of the molecule is CCn1nc(C)c(Br)c1CC(NC)c1ccccc1Cl. The Labute approximate surface area is 133 Å². The largest absolute Gasteiger partial charge is 0.313 e. The standard InChI is InChI=1S/C15H19BrClN3/c1-4-20-14(15(16)10(2)19-20)9-13(18-3)11-7-5-6-8-12(11)17/h5-8,13,18H,4,9H2,1-3H3. The van der Waals surface area contributed by atoms with E-state index >= 15 is 0 Å². The van der Waals surface area contributed by atoms with Gasteiger partial charge in [-0.2, -0.15) is 5.10 Å². The average Bonchev–Trinajstić information content (AvgIpc) is 2.73. The lowest BCUT2D eigenvalue weighted by Gasteiger charge is -2.19. The number of aromatic nitrogens is 2. The highest BCUT2D eigenvalue weighted by molar-refractivity contribution is 9.10. The number of rotatable bonds is 5. The van der Waals surface area contributed by atoms with Crippen molar-refractivity contribution >= 4 is 27.5 Å². The molecule has 0 amide bonds. The number of hydrogen-bond acceptors (Lipinski definition) is 2. The molecule has 3 nitrogen and oxygen atoms in total. The van der Waals surface area contributed by atoms with Gasteiger partial charge < -0.3 is 5.32 Å². The fourth-order valence-electron chi connectivity index (χ4n) is 2.38. The summed E-state index contributed by atoms with van der Waals surface area (Å²) in [5.41, 5.74) is 3.34. The Hall–Kier alpha value is -0.840. The summed E-state index contributed by atoms with van der Waals surface area (Å²) < 4.78 is 3.13. The van der Waals surface area contributed by atoms with E-state index in [0.29, 0.717) is 0 Å². The molecule has 1 aromatic heterocycles. The third kappa shape index (κ3) is 3.08. The van der Waals surface area contributed by atoms with Crippen molar-refractivity contribution in [3.63, 3.8) is 0 Å². The number of halogens is 2. The number of likely N-dealkylation sites (N-methyl/N-ethyl adjacent to an activating group) is 1. The van der Waals surface area contributed by atoms with E-state index in [2.05, 4.69) is 39.3 Å². The zero-order valence-electron chi connectivity index (χ0n) is 12.0. The molecule has 0 aliphatic carbocycles. The number of nitrogens with zero attached hydrogens (tertiary/aromatic N) is 2. The summed E-state index contributed by atoms with van der Waals surface area (Å²) in [6.45, 7) is 4.98. The van der Waals surface area contributed by atoms with Gasteiger partial charge in [-0.25, -0.2) is 0 Å². The molecular weight excluding hydrogens is 338 g/mol. The van der Waals surface area contributed by atoms with Crippen LogP contribution in [-0.4, -0.2) is 16.8 Å². The second-order valence-electron chi connectivity index (χ2n) is 4.73. The summed E-state index contributed by atoms with van der Waals surface area (Å²) in [5, 5.41) is 8.68. The lowest BCUT2D eigenvalue weighted by Crippen LogP contribution is -2.21. The maximum Gasteiger partial charge on any atom is 0.0738 e. The lowest BCUT2D eigenvalue weighted by atomic mass is 10.0. The van der Waals surface area contributed by atoms with E-state index in [1.807, 2.05) is 36.9 Å². The van der Waals surface area contributed by atoms with Crippen LogP contribution in [0.1, 0.15) is 29.9 Å². The van der Waals surface area contributed by atoms with Gasteiger partial charge in [-0.15, -0.1) is 0 Å². The van der Waals surface area contributed by atoms with Gasteiger partial charge in [-0.1, -0.05) is 29.8 Å². The van der Waals surface area contributed by atoms with Crippen molar-refractivity contribution in [2.24, 2.45) is 0 Å². The van der Waals surface area contributed by atoms with E-state index < -0.39 is 0 Å². The molecule has 1 heterocycles. The van der Waals surface area contributed by atoms with Crippen molar-refractivity contribution in [3.05, 3.63) is 50.7 Å². The third-order valence-electron chi connectivity index (χ3n) is 3.48. The molecular formula is C15H19BrClN3. The lowest BCUT2D eigenvalue weighted by molar-refractivity contribution is 0.540. The molecule has 0 saturated heterocycles. The quantitative estimate of drug-likeness (QED) is 0.873. The van der Waals surface area contributed by atoms with Crippen LogP contribution in [0.15, 0.2) is 28.7 Å². The van der Waals surface area contributed by atoms with Gasteiger partial charge in [0.2, 0.25) is 0 Å². The highest BCUT2D eigenvalue weighted by Crippen LogP contribution is 2.29. The predicted octanol–water partition coefficient (Wildman–Crippen LogP) is 4.13. The van der Waals surface area contributed by atoms with Crippen molar-refractivity contribution in [2.45, 2.75) is 32.9 Å². The van der Waals surface area contributed by atoms with E-state index in [4.69, 9.17) is 11.6 Å². The maximum absolute atomic E-state index is 6.31. The molecule has 0 aliphatic rings. The van der Waals surface area contributed by atoms with Gasteiger partial charge in [0.1, 0.15) is 0 Å². The Morgan fingerprint density at radius 3 is 2.70 bits per heavy atom. The number of hydrogen-bond donors (Lipinski definition) is 1. The van der Waals surface area contributed by atoms with Crippen LogP contribution < -0.4 is 5.32 Å². The van der Waals surface area contributed by atoms with Crippen LogP contribution in [0.3, 0.4) is 0 Å². The first kappa shape index (κ1) is 15.5. The second kappa shape index (κ2) is 6.74. The first-order valence-electron chi connectivity index (χ1n) is 6.72. The van der Waals surface area contributed by atoms with Crippen LogP contribution in [-0.2, 0) is 13.0 Å². The number of benzene rings is 1. The number of aryl methyl sites for hydroxylation is 2. The van der Waals surface area contributed by atoms with Gasteiger partial charge >= 0.3 is 0 Å². The maximum atomic E-state index is 6.31. The Morgan fingerprint density at radius 2 is 2.10 bits per heavy atom. The van der Waals surface area contributed by atoms with E-state index in [9.17, 15) is 0 Å². The Balaban J connectivity index is 2.34. The van der Waals surface area contributed by atoms with Crippen molar-refractivity contribution < 1.29 is 0 Å². The van der Waals surface area contributed by atoms with Crippen molar-refractivity contribution in [3.8, 4) is 0 Å². The monoisotopic (exact) mass is 355 g/mol. The van der Waals surface area contributed by atoms with Crippen molar-refractivity contribution in [1.29, 1.82) is 0 Å². The first-order chi connectivity index (χ1) is 9.58.